The van der Waals surface area contributed by atoms with E-state index < -0.39 is 10.0 Å². The van der Waals surface area contributed by atoms with E-state index >= 15 is 0 Å². The third-order valence-electron chi connectivity index (χ3n) is 4.90. The van der Waals surface area contributed by atoms with E-state index in [1.165, 1.54) is 30.0 Å². The van der Waals surface area contributed by atoms with E-state index in [0.717, 1.165) is 16.9 Å². The van der Waals surface area contributed by atoms with Gasteiger partial charge in [0.05, 0.1) is 35.3 Å². The molecule has 34 heavy (non-hydrogen) atoms. The molecule has 10 heteroatoms. The Morgan fingerprint density at radius 2 is 1.79 bits per heavy atom. The van der Waals surface area contributed by atoms with Gasteiger partial charge in [-0.3, -0.25) is 9.36 Å². The smallest absolute Gasteiger partial charge is 0.238 e. The molecule has 0 unspecified atom stereocenters. The number of primary sulfonamides is 1. The molecule has 1 heterocycles. The van der Waals surface area contributed by atoms with Crippen LogP contribution in [0.4, 0.5) is 5.69 Å². The third kappa shape index (κ3) is 5.30. The van der Waals surface area contributed by atoms with Crippen molar-refractivity contribution >= 4 is 33.4 Å². The minimum Gasteiger partial charge on any atom is -0.495 e. The van der Waals surface area contributed by atoms with Gasteiger partial charge in [-0.2, -0.15) is 0 Å². The number of imidazole rings is 1. The topological polar surface area (TPSA) is 116 Å². The molecule has 174 valence electrons. The number of nitrogens with zero attached hydrogens (tertiary/aromatic N) is 2. The zero-order valence-electron chi connectivity index (χ0n) is 18.2. The summed E-state index contributed by atoms with van der Waals surface area (Å²) in [6.07, 6.45) is 1.76. The van der Waals surface area contributed by atoms with Crippen LogP contribution in [-0.4, -0.2) is 36.7 Å². The molecule has 1 aromatic heterocycles. The van der Waals surface area contributed by atoms with Crippen LogP contribution >= 0.6 is 11.8 Å². The van der Waals surface area contributed by atoms with Crippen molar-refractivity contribution < 1.29 is 17.9 Å². The Kier molecular flexibility index (Phi) is 7.01. The van der Waals surface area contributed by atoms with Crippen molar-refractivity contribution in [3.63, 3.8) is 0 Å². The lowest BCUT2D eigenvalue weighted by atomic mass is 10.1. The van der Waals surface area contributed by atoms with Crippen molar-refractivity contribution in [2.75, 3.05) is 18.2 Å². The van der Waals surface area contributed by atoms with E-state index in [2.05, 4.69) is 10.3 Å². The van der Waals surface area contributed by atoms with Crippen LogP contribution in [0.2, 0.25) is 0 Å². The molecule has 0 atom stereocenters. The second-order valence-electron chi connectivity index (χ2n) is 7.21. The molecular weight excluding hydrogens is 472 g/mol. The Labute approximate surface area is 201 Å². The first-order valence-corrected chi connectivity index (χ1v) is 12.7. The van der Waals surface area contributed by atoms with Crippen LogP contribution in [0, 0.1) is 0 Å². The lowest BCUT2D eigenvalue weighted by Crippen LogP contribution is -2.16. The maximum absolute atomic E-state index is 12.6. The quantitative estimate of drug-likeness (QED) is 0.359. The Hall–Kier alpha value is -3.60. The zero-order chi connectivity index (χ0) is 24.1. The molecule has 4 rings (SSSR count). The standard InChI is InChI=1S/C24H22N4O4S2/c1-32-22-13-6-5-12-20(22)28-21(17-8-3-2-4-9-17)15-26-24(28)33-16-23(29)27-18-10-7-11-19(14-18)34(25,30)31/h2-15H,16H2,1H3,(H,27,29)(H2,25,30,31). The number of nitrogens with one attached hydrogen (secondary N) is 1. The fraction of sp³-hybridized carbons (Fsp3) is 0.0833. The van der Waals surface area contributed by atoms with Gasteiger partial charge in [-0.25, -0.2) is 18.5 Å². The molecule has 0 fully saturated rings. The average Bonchev–Trinajstić information content (AvgIpc) is 3.26. The van der Waals surface area contributed by atoms with Crippen LogP contribution in [0.25, 0.3) is 16.9 Å². The van der Waals surface area contributed by atoms with Gasteiger partial charge >= 0.3 is 0 Å². The van der Waals surface area contributed by atoms with Gasteiger partial charge in [0.1, 0.15) is 5.75 Å². The molecule has 0 saturated carbocycles. The van der Waals surface area contributed by atoms with E-state index in [9.17, 15) is 13.2 Å². The Morgan fingerprint density at radius 1 is 1.06 bits per heavy atom. The van der Waals surface area contributed by atoms with Gasteiger partial charge in [0.25, 0.3) is 0 Å². The molecular formula is C24H22N4O4S2. The van der Waals surface area contributed by atoms with Gasteiger partial charge in [0.2, 0.25) is 15.9 Å². The van der Waals surface area contributed by atoms with Gasteiger partial charge in [0, 0.05) is 11.3 Å². The largest absolute Gasteiger partial charge is 0.495 e. The molecule has 0 spiro atoms. The lowest BCUT2D eigenvalue weighted by molar-refractivity contribution is -0.113. The normalized spacial score (nSPS) is 11.2. The molecule has 3 N–H and O–H groups in total. The summed E-state index contributed by atoms with van der Waals surface area (Å²) in [6.45, 7) is 0. The summed E-state index contributed by atoms with van der Waals surface area (Å²) < 4.78 is 30.6. The fourth-order valence-electron chi connectivity index (χ4n) is 3.37. The maximum atomic E-state index is 12.6. The predicted molar refractivity (Wildman–Crippen MR) is 133 cm³/mol. The van der Waals surface area contributed by atoms with Crippen LogP contribution < -0.4 is 15.2 Å². The summed E-state index contributed by atoms with van der Waals surface area (Å²) in [6, 6.07) is 23.2. The van der Waals surface area contributed by atoms with Crippen molar-refractivity contribution in [2.24, 2.45) is 5.14 Å². The highest BCUT2D eigenvalue weighted by molar-refractivity contribution is 7.99. The van der Waals surface area contributed by atoms with Crippen molar-refractivity contribution in [1.29, 1.82) is 0 Å². The summed E-state index contributed by atoms with van der Waals surface area (Å²) in [4.78, 5) is 17.1. The minimum atomic E-state index is -3.86. The number of anilines is 1. The van der Waals surface area contributed by atoms with Crippen LogP contribution in [0.1, 0.15) is 0 Å². The molecule has 1 amide bonds. The summed E-state index contributed by atoms with van der Waals surface area (Å²) in [5, 5.41) is 8.48. The molecule has 0 aliphatic carbocycles. The summed E-state index contributed by atoms with van der Waals surface area (Å²) >= 11 is 1.25. The van der Waals surface area contributed by atoms with Crippen molar-refractivity contribution in [3.8, 4) is 22.7 Å². The molecule has 0 saturated heterocycles. The second kappa shape index (κ2) is 10.1. The monoisotopic (exact) mass is 494 g/mol. The van der Waals surface area contributed by atoms with E-state index in [4.69, 9.17) is 9.88 Å². The van der Waals surface area contributed by atoms with Gasteiger partial charge in [-0.15, -0.1) is 0 Å². The number of nitrogens with two attached hydrogens (primary N) is 1. The van der Waals surface area contributed by atoms with Crippen molar-refractivity contribution in [2.45, 2.75) is 10.1 Å². The van der Waals surface area contributed by atoms with Gasteiger partial charge in [0.15, 0.2) is 5.16 Å². The number of thioether (sulfide) groups is 1. The number of carbonyl (C=O) groups is 1. The first kappa shape index (κ1) is 23.6. The highest BCUT2D eigenvalue weighted by atomic mass is 32.2. The van der Waals surface area contributed by atoms with E-state index in [-0.39, 0.29) is 16.6 Å². The maximum Gasteiger partial charge on any atom is 0.238 e. The van der Waals surface area contributed by atoms with Gasteiger partial charge in [-0.05, 0) is 30.3 Å². The van der Waals surface area contributed by atoms with Crippen molar-refractivity contribution in [1.82, 2.24) is 9.55 Å². The molecule has 0 bridgehead atoms. The molecule has 0 aliphatic heterocycles. The van der Waals surface area contributed by atoms with Gasteiger partial charge in [-0.1, -0.05) is 60.3 Å². The summed E-state index contributed by atoms with van der Waals surface area (Å²) in [7, 11) is -2.26. The van der Waals surface area contributed by atoms with E-state index in [1.54, 1.807) is 19.4 Å². The predicted octanol–water partition coefficient (Wildman–Crippen LogP) is 3.93. The number of hydrogen-bond donors (Lipinski definition) is 2. The molecule has 0 radical (unpaired) electrons. The Balaban J connectivity index is 1.60. The van der Waals surface area contributed by atoms with Crippen LogP contribution in [0.5, 0.6) is 5.75 Å². The number of methoxy groups -OCH3 is 1. The number of benzene rings is 3. The second-order valence-corrected chi connectivity index (χ2v) is 9.71. The number of hydrogen-bond acceptors (Lipinski definition) is 6. The number of carbonyl (C=O) groups excluding carboxylic acids is 1. The summed E-state index contributed by atoms with van der Waals surface area (Å²) in [5.74, 6) is 0.413. The highest BCUT2D eigenvalue weighted by Crippen LogP contribution is 2.33. The Bertz CT molecular complexity index is 1420. The molecule has 4 aromatic rings. The number of amides is 1. The number of ether oxygens (including phenoxy) is 1. The summed E-state index contributed by atoms with van der Waals surface area (Å²) in [5.41, 5.74) is 2.96. The highest BCUT2D eigenvalue weighted by Gasteiger charge is 2.18. The lowest BCUT2D eigenvalue weighted by Gasteiger charge is -2.15. The minimum absolute atomic E-state index is 0.0556. The SMILES string of the molecule is COc1ccccc1-n1c(-c2ccccc2)cnc1SCC(=O)Nc1cccc(S(N)(=O)=O)c1. The fourth-order valence-corrected chi connectivity index (χ4v) is 4.72. The number of aromatic nitrogens is 2. The van der Waals surface area contributed by atoms with Crippen molar-refractivity contribution in [3.05, 3.63) is 85.1 Å². The zero-order valence-corrected chi connectivity index (χ0v) is 19.8. The Morgan fingerprint density at radius 3 is 2.53 bits per heavy atom. The molecule has 3 aromatic carbocycles. The average molecular weight is 495 g/mol. The first-order chi connectivity index (χ1) is 16.4. The van der Waals surface area contributed by atoms with Crippen LogP contribution in [0.15, 0.2) is 95.1 Å². The third-order valence-corrected chi connectivity index (χ3v) is 6.77. The molecule has 0 aliphatic rings. The van der Waals surface area contributed by atoms with Gasteiger partial charge < -0.3 is 10.1 Å². The van der Waals surface area contributed by atoms with Crippen LogP contribution in [0.3, 0.4) is 0 Å². The first-order valence-electron chi connectivity index (χ1n) is 10.2. The number of sulfonamides is 1. The number of para-hydroxylation sites is 2. The molecule has 8 nitrogen and oxygen atoms in total. The number of rotatable bonds is 8. The van der Waals surface area contributed by atoms with E-state index in [1.807, 2.05) is 59.2 Å². The van der Waals surface area contributed by atoms with E-state index in [0.29, 0.717) is 16.6 Å². The van der Waals surface area contributed by atoms with Crippen LogP contribution in [-0.2, 0) is 14.8 Å².